The zero-order valence-electron chi connectivity index (χ0n) is 17.0. The van der Waals surface area contributed by atoms with E-state index in [1.807, 2.05) is 12.1 Å². The number of piperazine rings is 1. The first-order chi connectivity index (χ1) is 13.8. The van der Waals surface area contributed by atoms with E-state index in [-0.39, 0.29) is 24.0 Å². The van der Waals surface area contributed by atoms with Crippen LogP contribution in [0.25, 0.3) is 0 Å². The van der Waals surface area contributed by atoms with Gasteiger partial charge in [0, 0.05) is 51.6 Å². The first-order valence-corrected chi connectivity index (χ1v) is 10.6. The van der Waals surface area contributed by atoms with Gasteiger partial charge in [0.05, 0.1) is 18.2 Å². The minimum absolute atomic E-state index is 0. The van der Waals surface area contributed by atoms with Crippen LogP contribution < -0.4 is 15.0 Å². The minimum Gasteiger partial charge on any atom is -0.475 e. The van der Waals surface area contributed by atoms with E-state index < -0.39 is 0 Å². The molecular weight excluding hydrogens is 501 g/mol. The molecule has 2 aromatic heterocycles. The number of guanidine groups is 1. The molecule has 0 atom stereocenters. The SMILES string of the molecule is CCNC(=NCc1cccnc1OCCOC)N1CCN(c2cccs2)CC1.I. The molecule has 29 heavy (non-hydrogen) atoms. The molecule has 0 saturated carbocycles. The number of hydrogen-bond acceptors (Lipinski definition) is 6. The van der Waals surface area contributed by atoms with E-state index in [9.17, 15) is 0 Å². The van der Waals surface area contributed by atoms with Gasteiger partial charge in [-0.25, -0.2) is 9.98 Å². The number of thiophene rings is 1. The molecule has 0 unspecified atom stereocenters. The Labute approximate surface area is 194 Å². The van der Waals surface area contributed by atoms with Gasteiger partial charge >= 0.3 is 0 Å². The number of ether oxygens (including phenoxy) is 2. The van der Waals surface area contributed by atoms with E-state index in [2.05, 4.69) is 44.5 Å². The van der Waals surface area contributed by atoms with Gasteiger partial charge in [0.15, 0.2) is 5.96 Å². The van der Waals surface area contributed by atoms with Gasteiger partial charge in [-0.15, -0.1) is 35.3 Å². The van der Waals surface area contributed by atoms with E-state index in [1.165, 1.54) is 5.00 Å². The highest BCUT2D eigenvalue weighted by Crippen LogP contribution is 2.22. The third kappa shape index (κ3) is 7.00. The molecular formula is C20H30IN5O2S. The summed E-state index contributed by atoms with van der Waals surface area (Å²) in [5.41, 5.74) is 0.978. The summed E-state index contributed by atoms with van der Waals surface area (Å²) in [6, 6.07) is 8.23. The van der Waals surface area contributed by atoms with Crippen molar-refractivity contribution in [3.8, 4) is 5.88 Å². The van der Waals surface area contributed by atoms with E-state index in [4.69, 9.17) is 14.5 Å². The van der Waals surface area contributed by atoms with Crippen molar-refractivity contribution in [2.45, 2.75) is 13.5 Å². The standard InChI is InChI=1S/C20H29N5O2S.HI/c1-3-21-20(25-11-9-24(10-12-25)18-7-5-15-28-18)23-16-17-6-4-8-22-19(17)27-14-13-26-2;/h4-8,15H,3,9-14,16H2,1-2H3,(H,21,23);1H. The Hall–Kier alpha value is -1.59. The fourth-order valence-electron chi connectivity index (χ4n) is 3.07. The van der Waals surface area contributed by atoms with Crippen molar-refractivity contribution < 1.29 is 9.47 Å². The molecule has 160 valence electrons. The summed E-state index contributed by atoms with van der Waals surface area (Å²) in [5.74, 6) is 1.57. The molecule has 1 fully saturated rings. The second-order valence-corrected chi connectivity index (χ2v) is 7.33. The molecule has 2 aromatic rings. The molecule has 0 aliphatic carbocycles. The lowest BCUT2D eigenvalue weighted by molar-refractivity contribution is 0.143. The van der Waals surface area contributed by atoms with Crippen LogP contribution in [0.5, 0.6) is 5.88 Å². The summed E-state index contributed by atoms with van der Waals surface area (Å²) in [6.45, 7) is 8.40. The Morgan fingerprint density at radius 3 is 2.72 bits per heavy atom. The summed E-state index contributed by atoms with van der Waals surface area (Å²) >= 11 is 1.80. The summed E-state index contributed by atoms with van der Waals surface area (Å²) in [6.07, 6.45) is 1.74. The normalized spacial score (nSPS) is 14.5. The van der Waals surface area contributed by atoms with Crippen molar-refractivity contribution in [3.63, 3.8) is 0 Å². The highest BCUT2D eigenvalue weighted by atomic mass is 127. The number of halogens is 1. The molecule has 0 spiro atoms. The Morgan fingerprint density at radius 1 is 1.21 bits per heavy atom. The Kier molecular flexibility index (Phi) is 10.5. The fraction of sp³-hybridized carbons (Fsp3) is 0.500. The van der Waals surface area contributed by atoms with Crippen LogP contribution in [0.15, 0.2) is 40.8 Å². The monoisotopic (exact) mass is 531 g/mol. The number of aromatic nitrogens is 1. The van der Waals surface area contributed by atoms with Crippen LogP contribution in [0, 0.1) is 0 Å². The molecule has 1 N–H and O–H groups in total. The van der Waals surface area contributed by atoms with Crippen molar-refractivity contribution in [2.75, 3.05) is 57.9 Å². The van der Waals surface area contributed by atoms with Gasteiger partial charge in [-0.1, -0.05) is 6.07 Å². The molecule has 1 saturated heterocycles. The van der Waals surface area contributed by atoms with Crippen LogP contribution in [0.2, 0.25) is 0 Å². The lowest BCUT2D eigenvalue weighted by Crippen LogP contribution is -2.52. The van der Waals surface area contributed by atoms with Crippen molar-refractivity contribution in [3.05, 3.63) is 41.4 Å². The van der Waals surface area contributed by atoms with Crippen LogP contribution in [0.4, 0.5) is 5.00 Å². The van der Waals surface area contributed by atoms with Crippen LogP contribution in [0.1, 0.15) is 12.5 Å². The predicted molar refractivity (Wildman–Crippen MR) is 130 cm³/mol. The van der Waals surface area contributed by atoms with Crippen LogP contribution in [0.3, 0.4) is 0 Å². The Bertz CT molecular complexity index is 736. The largest absolute Gasteiger partial charge is 0.475 e. The summed E-state index contributed by atoms with van der Waals surface area (Å²) < 4.78 is 10.8. The van der Waals surface area contributed by atoms with Gasteiger partial charge in [-0.05, 0) is 30.5 Å². The number of rotatable bonds is 8. The van der Waals surface area contributed by atoms with E-state index in [0.717, 1.165) is 44.2 Å². The lowest BCUT2D eigenvalue weighted by atomic mass is 10.2. The third-order valence-electron chi connectivity index (χ3n) is 4.51. The van der Waals surface area contributed by atoms with Crippen molar-refractivity contribution in [2.24, 2.45) is 4.99 Å². The summed E-state index contributed by atoms with van der Waals surface area (Å²) in [5, 5.41) is 6.90. The number of pyridine rings is 1. The Morgan fingerprint density at radius 2 is 2.03 bits per heavy atom. The highest BCUT2D eigenvalue weighted by Gasteiger charge is 2.20. The Balaban J connectivity index is 0.00000300. The van der Waals surface area contributed by atoms with Crippen molar-refractivity contribution in [1.29, 1.82) is 0 Å². The number of aliphatic imine (C=N–C) groups is 1. The molecule has 0 amide bonds. The number of hydrogen-bond donors (Lipinski definition) is 1. The van der Waals surface area contributed by atoms with Gasteiger partial charge in [0.2, 0.25) is 5.88 Å². The average molecular weight is 531 g/mol. The maximum Gasteiger partial charge on any atom is 0.218 e. The number of methoxy groups -OCH3 is 1. The average Bonchev–Trinajstić information content (AvgIpc) is 3.27. The summed E-state index contributed by atoms with van der Waals surface area (Å²) in [7, 11) is 1.66. The number of anilines is 1. The van der Waals surface area contributed by atoms with Crippen LogP contribution >= 0.6 is 35.3 Å². The molecule has 1 aliphatic heterocycles. The maximum absolute atomic E-state index is 5.73. The zero-order chi connectivity index (χ0) is 19.6. The topological polar surface area (TPSA) is 62.2 Å². The molecule has 0 bridgehead atoms. The van der Waals surface area contributed by atoms with Gasteiger partial charge in [-0.3, -0.25) is 0 Å². The highest BCUT2D eigenvalue weighted by molar-refractivity contribution is 14.0. The minimum atomic E-state index is 0. The predicted octanol–water partition coefficient (Wildman–Crippen LogP) is 3.07. The smallest absolute Gasteiger partial charge is 0.218 e. The maximum atomic E-state index is 5.73. The number of nitrogens with one attached hydrogen (secondary N) is 1. The van der Waals surface area contributed by atoms with Gasteiger partial charge in [0.1, 0.15) is 6.61 Å². The molecule has 9 heteroatoms. The first-order valence-electron chi connectivity index (χ1n) is 9.69. The van der Waals surface area contributed by atoms with Crippen LogP contribution in [-0.2, 0) is 11.3 Å². The van der Waals surface area contributed by atoms with Gasteiger partial charge < -0.3 is 24.6 Å². The van der Waals surface area contributed by atoms with Gasteiger partial charge in [-0.2, -0.15) is 0 Å². The second kappa shape index (κ2) is 12.9. The quantitative estimate of drug-likeness (QED) is 0.245. The molecule has 0 aromatic carbocycles. The summed E-state index contributed by atoms with van der Waals surface area (Å²) in [4.78, 5) is 14.0. The van der Waals surface area contributed by atoms with Gasteiger partial charge in [0.25, 0.3) is 0 Å². The second-order valence-electron chi connectivity index (χ2n) is 6.40. The first kappa shape index (κ1) is 23.7. The molecule has 1 aliphatic rings. The van der Waals surface area contributed by atoms with E-state index in [0.29, 0.717) is 25.6 Å². The molecule has 0 radical (unpaired) electrons. The van der Waals surface area contributed by atoms with E-state index in [1.54, 1.807) is 24.6 Å². The van der Waals surface area contributed by atoms with E-state index >= 15 is 0 Å². The zero-order valence-corrected chi connectivity index (χ0v) is 20.2. The fourth-order valence-corrected chi connectivity index (χ4v) is 3.86. The van der Waals surface area contributed by atoms with Crippen LogP contribution in [-0.4, -0.2) is 68.9 Å². The third-order valence-corrected chi connectivity index (χ3v) is 5.44. The van der Waals surface area contributed by atoms with Crippen molar-refractivity contribution >= 4 is 46.3 Å². The molecule has 3 heterocycles. The molecule has 3 rings (SSSR count). The number of nitrogens with zero attached hydrogens (tertiary/aromatic N) is 4. The lowest BCUT2D eigenvalue weighted by Gasteiger charge is -2.37. The van der Waals surface area contributed by atoms with Crippen molar-refractivity contribution in [1.82, 2.24) is 15.2 Å². The molecule has 7 nitrogen and oxygen atoms in total.